The van der Waals surface area contributed by atoms with Gasteiger partial charge in [0, 0.05) is 13.0 Å². The molecule has 1 fully saturated rings. The summed E-state index contributed by atoms with van der Waals surface area (Å²) in [6.07, 6.45) is 8.62. The van der Waals surface area contributed by atoms with Crippen LogP contribution in [-0.2, 0) is 16.0 Å². The van der Waals surface area contributed by atoms with Gasteiger partial charge < -0.3 is 9.64 Å². The van der Waals surface area contributed by atoms with Crippen LogP contribution in [-0.4, -0.2) is 36.5 Å². The largest absolute Gasteiger partial charge is 0.465 e. The number of carbonyl (C=O) groups excluding carboxylic acids is 2. The molecule has 4 heteroatoms. The van der Waals surface area contributed by atoms with Gasteiger partial charge in [0.15, 0.2) is 0 Å². The summed E-state index contributed by atoms with van der Waals surface area (Å²) in [5.41, 5.74) is 2.99. The first-order chi connectivity index (χ1) is 12.4. The SMILES string of the molecule is COC(=O)c1ccc(CCN2C(=O)CC[C@@H]2/C=C/C=C(\C)C(C)C)cc1. The summed E-state index contributed by atoms with van der Waals surface area (Å²) in [6, 6.07) is 7.56. The van der Waals surface area contributed by atoms with Crippen molar-refractivity contribution in [2.45, 2.75) is 46.1 Å². The monoisotopic (exact) mass is 355 g/mol. The van der Waals surface area contributed by atoms with E-state index in [1.54, 1.807) is 12.1 Å². The zero-order chi connectivity index (χ0) is 19.1. The zero-order valence-electron chi connectivity index (χ0n) is 16.2. The molecule has 0 N–H and O–H groups in total. The highest BCUT2D eigenvalue weighted by Crippen LogP contribution is 2.21. The van der Waals surface area contributed by atoms with Crippen LogP contribution in [0, 0.1) is 5.92 Å². The van der Waals surface area contributed by atoms with Crippen LogP contribution < -0.4 is 0 Å². The topological polar surface area (TPSA) is 46.6 Å². The summed E-state index contributed by atoms with van der Waals surface area (Å²) in [5.74, 6) is 0.422. The van der Waals surface area contributed by atoms with Crippen molar-refractivity contribution in [3.63, 3.8) is 0 Å². The van der Waals surface area contributed by atoms with E-state index in [-0.39, 0.29) is 17.9 Å². The molecule has 1 aromatic rings. The van der Waals surface area contributed by atoms with Crippen molar-refractivity contribution in [3.05, 3.63) is 59.2 Å². The van der Waals surface area contributed by atoms with E-state index in [0.29, 0.717) is 24.4 Å². The van der Waals surface area contributed by atoms with Crippen LogP contribution >= 0.6 is 0 Å². The standard InChI is InChI=1S/C22H29NO3/c1-16(2)17(3)6-5-7-20-12-13-21(24)23(20)15-14-18-8-10-19(11-9-18)22(25)26-4/h5-11,16,20H,12-15H2,1-4H3/b7-5+,17-6+/t20-/m0/s1. The fourth-order valence-corrected chi connectivity index (χ4v) is 2.95. The van der Waals surface area contributed by atoms with Gasteiger partial charge in [0.05, 0.1) is 18.7 Å². The van der Waals surface area contributed by atoms with Gasteiger partial charge in [-0.1, -0.05) is 49.8 Å². The average molecular weight is 355 g/mol. The van der Waals surface area contributed by atoms with E-state index in [9.17, 15) is 9.59 Å². The molecule has 140 valence electrons. The molecule has 1 saturated heterocycles. The quantitative estimate of drug-likeness (QED) is 0.545. The van der Waals surface area contributed by atoms with E-state index in [0.717, 1.165) is 18.4 Å². The smallest absolute Gasteiger partial charge is 0.337 e. The fourth-order valence-electron chi connectivity index (χ4n) is 2.95. The number of ether oxygens (including phenoxy) is 1. The number of carbonyl (C=O) groups is 2. The van der Waals surface area contributed by atoms with Crippen LogP contribution in [0.3, 0.4) is 0 Å². The Morgan fingerprint density at radius 3 is 2.62 bits per heavy atom. The first kappa shape index (κ1) is 20.0. The number of hydrogen-bond acceptors (Lipinski definition) is 3. The van der Waals surface area contributed by atoms with Crippen molar-refractivity contribution >= 4 is 11.9 Å². The number of likely N-dealkylation sites (tertiary alicyclic amines) is 1. The molecule has 0 aromatic heterocycles. The maximum atomic E-state index is 12.2. The van der Waals surface area contributed by atoms with Crippen molar-refractivity contribution in [1.82, 2.24) is 4.90 Å². The second kappa shape index (κ2) is 9.37. The van der Waals surface area contributed by atoms with Crippen LogP contribution in [0.5, 0.6) is 0 Å². The molecule has 0 saturated carbocycles. The van der Waals surface area contributed by atoms with E-state index >= 15 is 0 Å². The van der Waals surface area contributed by atoms with E-state index in [4.69, 9.17) is 4.74 Å². The number of rotatable bonds is 7. The Balaban J connectivity index is 1.96. The fraction of sp³-hybridized carbons (Fsp3) is 0.455. The van der Waals surface area contributed by atoms with Gasteiger partial charge in [-0.2, -0.15) is 0 Å². The van der Waals surface area contributed by atoms with Crippen molar-refractivity contribution in [3.8, 4) is 0 Å². The van der Waals surface area contributed by atoms with Crippen LogP contribution in [0.15, 0.2) is 48.1 Å². The van der Waals surface area contributed by atoms with Crippen molar-refractivity contribution in [1.29, 1.82) is 0 Å². The molecule has 0 bridgehead atoms. The Labute approximate surface area is 156 Å². The van der Waals surface area contributed by atoms with Gasteiger partial charge >= 0.3 is 5.97 Å². The zero-order valence-corrected chi connectivity index (χ0v) is 16.2. The first-order valence-electron chi connectivity index (χ1n) is 9.24. The Morgan fingerprint density at radius 1 is 1.31 bits per heavy atom. The van der Waals surface area contributed by atoms with Gasteiger partial charge in [0.25, 0.3) is 0 Å². The molecule has 1 aliphatic heterocycles. The minimum atomic E-state index is -0.332. The van der Waals surface area contributed by atoms with E-state index < -0.39 is 0 Å². The summed E-state index contributed by atoms with van der Waals surface area (Å²) >= 11 is 0. The Kier molecular flexibility index (Phi) is 7.19. The average Bonchev–Trinajstić information content (AvgIpc) is 2.99. The number of nitrogens with zero attached hydrogens (tertiary/aromatic N) is 1. The second-order valence-electron chi connectivity index (χ2n) is 7.08. The van der Waals surface area contributed by atoms with Gasteiger partial charge in [-0.05, 0) is 43.4 Å². The number of hydrogen-bond donors (Lipinski definition) is 0. The normalized spacial score (nSPS) is 18.2. The third-order valence-electron chi connectivity index (χ3n) is 4.99. The molecule has 4 nitrogen and oxygen atoms in total. The van der Waals surface area contributed by atoms with Crippen LogP contribution in [0.1, 0.15) is 49.5 Å². The molecule has 1 aromatic carbocycles. The highest BCUT2D eigenvalue weighted by atomic mass is 16.5. The van der Waals surface area contributed by atoms with E-state index in [1.807, 2.05) is 17.0 Å². The summed E-state index contributed by atoms with van der Waals surface area (Å²) in [4.78, 5) is 25.7. The maximum Gasteiger partial charge on any atom is 0.337 e. The number of amides is 1. The molecule has 0 unspecified atom stereocenters. The van der Waals surface area contributed by atoms with Crippen molar-refractivity contribution in [2.75, 3.05) is 13.7 Å². The first-order valence-corrected chi connectivity index (χ1v) is 9.24. The van der Waals surface area contributed by atoms with Crippen molar-refractivity contribution in [2.24, 2.45) is 5.92 Å². The lowest BCUT2D eigenvalue weighted by atomic mass is 10.0. The van der Waals surface area contributed by atoms with Crippen LogP contribution in [0.4, 0.5) is 0 Å². The van der Waals surface area contributed by atoms with E-state index in [1.165, 1.54) is 12.7 Å². The number of benzene rings is 1. The predicted molar refractivity (Wildman–Crippen MR) is 104 cm³/mol. The number of methoxy groups -OCH3 is 1. The second-order valence-corrected chi connectivity index (χ2v) is 7.08. The number of allylic oxidation sites excluding steroid dienone is 3. The van der Waals surface area contributed by atoms with Crippen LogP contribution in [0.25, 0.3) is 0 Å². The van der Waals surface area contributed by atoms with Gasteiger partial charge in [0.1, 0.15) is 0 Å². The van der Waals surface area contributed by atoms with Gasteiger partial charge in [-0.3, -0.25) is 4.79 Å². The molecule has 0 aliphatic carbocycles. The Morgan fingerprint density at radius 2 is 2.00 bits per heavy atom. The third kappa shape index (κ3) is 5.32. The molecule has 0 spiro atoms. The molecule has 2 rings (SSSR count). The predicted octanol–water partition coefficient (Wildman–Crippen LogP) is 4.17. The molecule has 1 amide bonds. The van der Waals surface area contributed by atoms with Crippen molar-refractivity contribution < 1.29 is 14.3 Å². The lowest BCUT2D eigenvalue weighted by Crippen LogP contribution is -2.33. The van der Waals surface area contributed by atoms with Gasteiger partial charge in [0.2, 0.25) is 5.91 Å². The Hall–Kier alpha value is -2.36. The third-order valence-corrected chi connectivity index (χ3v) is 4.99. The Bertz CT molecular complexity index is 686. The minimum absolute atomic E-state index is 0.174. The lowest BCUT2D eigenvalue weighted by Gasteiger charge is -2.22. The molecular weight excluding hydrogens is 326 g/mol. The molecule has 26 heavy (non-hydrogen) atoms. The molecule has 0 radical (unpaired) electrons. The summed E-state index contributed by atoms with van der Waals surface area (Å²) in [6.45, 7) is 7.18. The molecular formula is C22H29NO3. The summed E-state index contributed by atoms with van der Waals surface area (Å²) < 4.78 is 4.71. The van der Waals surface area contributed by atoms with Gasteiger partial charge in [-0.25, -0.2) is 4.79 Å². The summed E-state index contributed by atoms with van der Waals surface area (Å²) in [7, 11) is 1.38. The molecule has 1 heterocycles. The lowest BCUT2D eigenvalue weighted by molar-refractivity contribution is -0.128. The molecule has 1 aliphatic rings. The summed E-state index contributed by atoms with van der Waals surface area (Å²) in [5, 5.41) is 0. The molecule has 1 atom stereocenters. The van der Waals surface area contributed by atoms with Crippen LogP contribution in [0.2, 0.25) is 0 Å². The van der Waals surface area contributed by atoms with E-state index in [2.05, 4.69) is 39.0 Å². The minimum Gasteiger partial charge on any atom is -0.465 e. The highest BCUT2D eigenvalue weighted by Gasteiger charge is 2.28. The number of esters is 1. The highest BCUT2D eigenvalue weighted by molar-refractivity contribution is 5.89. The van der Waals surface area contributed by atoms with Gasteiger partial charge in [-0.15, -0.1) is 0 Å². The maximum absolute atomic E-state index is 12.2.